The number of rotatable bonds is 12. The molecular formula is C29H40O12. The van der Waals surface area contributed by atoms with Crippen LogP contribution in [0.2, 0.25) is 0 Å². The summed E-state index contributed by atoms with van der Waals surface area (Å²) in [6.45, 7) is 3.54. The summed E-state index contributed by atoms with van der Waals surface area (Å²) in [5.41, 5.74) is 2.87. The van der Waals surface area contributed by atoms with Crippen LogP contribution in [0.4, 0.5) is 0 Å². The molecule has 0 saturated heterocycles. The van der Waals surface area contributed by atoms with E-state index in [-0.39, 0.29) is 12.8 Å². The van der Waals surface area contributed by atoms with Gasteiger partial charge in [0.2, 0.25) is 0 Å². The number of methoxy groups -OCH3 is 6. The number of hydrogen-bond acceptors (Lipinski definition) is 12. The Morgan fingerprint density at radius 3 is 1.22 bits per heavy atom. The van der Waals surface area contributed by atoms with Crippen molar-refractivity contribution < 1.29 is 57.4 Å². The minimum Gasteiger partial charge on any atom is -0.496 e. The summed E-state index contributed by atoms with van der Waals surface area (Å²) in [5.74, 6) is -2.14. The minimum atomic E-state index is -1.83. The molecule has 2 heterocycles. The molecule has 4 rings (SSSR count). The lowest BCUT2D eigenvalue weighted by molar-refractivity contribution is -0.549. The summed E-state index contributed by atoms with van der Waals surface area (Å²) >= 11 is 0. The standard InChI is InChI=1S/C29H40O12/c1-27(34-7)25-17(19(30-3)11-13-21(25)32-5)15-23(38-27)29(40-36-9,41-37-10)24-16-18-20(31-4)12-14-22(33-6)26(18)28(2,35-8)39-24/h11-14,23-24H,15-16H2,1-10H3. The molecule has 0 bridgehead atoms. The quantitative estimate of drug-likeness (QED) is 0.207. The van der Waals surface area contributed by atoms with Crippen molar-refractivity contribution in [3.05, 3.63) is 46.5 Å². The molecule has 0 aliphatic carbocycles. The lowest BCUT2D eigenvalue weighted by Gasteiger charge is -2.50. The van der Waals surface area contributed by atoms with E-state index in [1.165, 1.54) is 28.4 Å². The van der Waals surface area contributed by atoms with Crippen molar-refractivity contribution in [2.24, 2.45) is 0 Å². The molecule has 0 amide bonds. The molecule has 0 spiro atoms. The molecule has 4 unspecified atom stereocenters. The van der Waals surface area contributed by atoms with Crippen LogP contribution in [-0.2, 0) is 62.9 Å². The number of hydrogen-bond donors (Lipinski definition) is 0. The number of fused-ring (bicyclic) bond motifs is 2. The lowest BCUT2D eigenvalue weighted by atomic mass is 9.82. The fraction of sp³-hybridized carbons (Fsp3) is 0.586. The lowest BCUT2D eigenvalue weighted by Crippen LogP contribution is -2.64. The summed E-state index contributed by atoms with van der Waals surface area (Å²) in [4.78, 5) is 22.5. The SMILES string of the molecule is COOC(OOC)(C1Cc2c(OC)ccc(OC)c2C(C)(OC)O1)C1Cc2c(OC)ccc(OC)c2C(C)(OC)O1. The van der Waals surface area contributed by atoms with Crippen LogP contribution in [0.1, 0.15) is 36.1 Å². The van der Waals surface area contributed by atoms with E-state index in [1.807, 2.05) is 12.1 Å². The maximum atomic E-state index is 6.66. The molecule has 2 aliphatic rings. The van der Waals surface area contributed by atoms with E-state index in [2.05, 4.69) is 0 Å². The molecule has 2 aromatic rings. The Morgan fingerprint density at radius 1 is 0.585 bits per heavy atom. The first kappa shape index (κ1) is 31.3. The monoisotopic (exact) mass is 580 g/mol. The first-order chi connectivity index (χ1) is 19.6. The average molecular weight is 581 g/mol. The highest BCUT2D eigenvalue weighted by Crippen LogP contribution is 2.52. The Kier molecular flexibility index (Phi) is 9.36. The molecule has 41 heavy (non-hydrogen) atoms. The fourth-order valence-corrected chi connectivity index (χ4v) is 5.90. The third-order valence-corrected chi connectivity index (χ3v) is 7.87. The van der Waals surface area contributed by atoms with Crippen LogP contribution in [-0.4, -0.2) is 74.9 Å². The van der Waals surface area contributed by atoms with Gasteiger partial charge >= 0.3 is 0 Å². The molecule has 0 radical (unpaired) electrons. The van der Waals surface area contributed by atoms with E-state index in [4.69, 9.17) is 57.4 Å². The average Bonchev–Trinajstić information content (AvgIpc) is 2.99. The van der Waals surface area contributed by atoms with Gasteiger partial charge in [0.1, 0.15) is 35.2 Å². The predicted octanol–water partition coefficient (Wildman–Crippen LogP) is 3.79. The molecular weight excluding hydrogens is 540 g/mol. The van der Waals surface area contributed by atoms with E-state index in [1.54, 1.807) is 54.4 Å². The topological polar surface area (TPSA) is 111 Å². The Hall–Kier alpha value is -2.68. The highest BCUT2D eigenvalue weighted by molar-refractivity contribution is 5.54. The summed E-state index contributed by atoms with van der Waals surface area (Å²) < 4.78 is 48.0. The Balaban J connectivity index is 1.93. The van der Waals surface area contributed by atoms with Crippen LogP contribution >= 0.6 is 0 Å². The Bertz CT molecular complexity index is 1130. The van der Waals surface area contributed by atoms with Gasteiger partial charge in [0.25, 0.3) is 5.79 Å². The van der Waals surface area contributed by atoms with Gasteiger partial charge in [0.05, 0.1) is 53.8 Å². The van der Waals surface area contributed by atoms with Crippen molar-refractivity contribution in [2.45, 2.75) is 56.3 Å². The minimum absolute atomic E-state index is 0.215. The van der Waals surface area contributed by atoms with E-state index < -0.39 is 29.6 Å². The van der Waals surface area contributed by atoms with E-state index in [9.17, 15) is 0 Å². The second-order valence-corrected chi connectivity index (χ2v) is 9.79. The van der Waals surface area contributed by atoms with Gasteiger partial charge < -0.3 is 37.9 Å². The number of benzene rings is 2. The van der Waals surface area contributed by atoms with Crippen molar-refractivity contribution in [2.75, 3.05) is 56.9 Å². The van der Waals surface area contributed by atoms with Gasteiger partial charge in [0.15, 0.2) is 11.6 Å². The second-order valence-electron chi connectivity index (χ2n) is 9.79. The normalized spacial score (nSPS) is 25.7. The smallest absolute Gasteiger partial charge is 0.285 e. The second kappa shape index (κ2) is 12.3. The molecule has 0 aromatic heterocycles. The van der Waals surface area contributed by atoms with Crippen molar-refractivity contribution in [3.8, 4) is 23.0 Å². The maximum absolute atomic E-state index is 6.66. The molecule has 12 nitrogen and oxygen atoms in total. The van der Waals surface area contributed by atoms with Gasteiger partial charge in [0, 0.05) is 38.2 Å². The Labute approximate surface area is 240 Å². The largest absolute Gasteiger partial charge is 0.496 e. The number of ether oxygens (including phenoxy) is 8. The first-order valence-corrected chi connectivity index (χ1v) is 13.0. The van der Waals surface area contributed by atoms with Crippen LogP contribution in [0.5, 0.6) is 23.0 Å². The summed E-state index contributed by atoms with van der Waals surface area (Å²) in [7, 11) is 12.1. The van der Waals surface area contributed by atoms with Gasteiger partial charge in [-0.1, -0.05) is 0 Å². The van der Waals surface area contributed by atoms with Crippen molar-refractivity contribution >= 4 is 0 Å². The van der Waals surface area contributed by atoms with Crippen LogP contribution in [0, 0.1) is 0 Å². The van der Waals surface area contributed by atoms with Gasteiger partial charge in [-0.05, 0) is 38.1 Å². The molecule has 0 N–H and O–H groups in total. The van der Waals surface area contributed by atoms with Crippen molar-refractivity contribution in [3.63, 3.8) is 0 Å². The fourth-order valence-electron chi connectivity index (χ4n) is 5.90. The molecule has 2 aliphatic heterocycles. The van der Waals surface area contributed by atoms with E-state index >= 15 is 0 Å². The van der Waals surface area contributed by atoms with E-state index in [0.29, 0.717) is 34.1 Å². The van der Waals surface area contributed by atoms with Gasteiger partial charge in [-0.15, -0.1) is 0 Å². The molecule has 0 saturated carbocycles. The molecule has 12 heteroatoms. The zero-order valence-electron chi connectivity index (χ0n) is 25.3. The molecule has 4 atom stereocenters. The zero-order valence-corrected chi connectivity index (χ0v) is 25.3. The highest BCUT2D eigenvalue weighted by Gasteiger charge is 2.61. The van der Waals surface area contributed by atoms with Crippen LogP contribution in [0.15, 0.2) is 24.3 Å². The van der Waals surface area contributed by atoms with Gasteiger partial charge in [-0.2, -0.15) is 9.78 Å². The third kappa shape index (κ3) is 5.12. The maximum Gasteiger partial charge on any atom is 0.285 e. The van der Waals surface area contributed by atoms with Crippen molar-refractivity contribution in [1.29, 1.82) is 0 Å². The van der Waals surface area contributed by atoms with Crippen LogP contribution < -0.4 is 18.9 Å². The highest BCUT2D eigenvalue weighted by atomic mass is 17.3. The Morgan fingerprint density at radius 2 is 0.927 bits per heavy atom. The third-order valence-electron chi connectivity index (χ3n) is 7.87. The first-order valence-electron chi connectivity index (χ1n) is 13.0. The van der Waals surface area contributed by atoms with Gasteiger partial charge in [-0.3, -0.25) is 0 Å². The summed E-state index contributed by atoms with van der Waals surface area (Å²) in [6.07, 6.45) is -1.45. The summed E-state index contributed by atoms with van der Waals surface area (Å²) in [5, 5.41) is 0. The molecule has 228 valence electrons. The van der Waals surface area contributed by atoms with Gasteiger partial charge in [-0.25, -0.2) is 9.78 Å². The van der Waals surface area contributed by atoms with Crippen LogP contribution in [0.25, 0.3) is 0 Å². The van der Waals surface area contributed by atoms with Crippen molar-refractivity contribution in [1.82, 2.24) is 0 Å². The van der Waals surface area contributed by atoms with E-state index in [0.717, 1.165) is 11.1 Å². The van der Waals surface area contributed by atoms with Crippen LogP contribution in [0.3, 0.4) is 0 Å². The molecule has 2 aromatic carbocycles. The zero-order chi connectivity index (χ0) is 30.0. The predicted molar refractivity (Wildman–Crippen MR) is 144 cm³/mol. The summed E-state index contributed by atoms with van der Waals surface area (Å²) in [6, 6.07) is 7.24. The molecule has 0 fully saturated rings.